The Morgan fingerprint density at radius 2 is 2.04 bits per heavy atom. The molecule has 1 aromatic rings. The number of rotatable bonds is 7. The molecular formula is C16H21BrFNO3S. The Morgan fingerprint density at radius 1 is 1.39 bits per heavy atom. The molecule has 1 amide bonds. The molecule has 0 saturated heterocycles. The van der Waals surface area contributed by atoms with Gasteiger partial charge < -0.3 is 10.1 Å². The van der Waals surface area contributed by atoms with E-state index in [9.17, 15) is 14.0 Å². The van der Waals surface area contributed by atoms with Crippen LogP contribution in [-0.2, 0) is 14.3 Å². The summed E-state index contributed by atoms with van der Waals surface area (Å²) in [7, 11) is 0. The summed E-state index contributed by atoms with van der Waals surface area (Å²) < 4.78 is 19.6. The lowest BCUT2D eigenvalue weighted by molar-refractivity contribution is -0.144. The fourth-order valence-corrected chi connectivity index (χ4v) is 3.29. The molecule has 0 fully saturated rings. The van der Waals surface area contributed by atoms with Gasteiger partial charge in [0.05, 0.1) is 12.3 Å². The van der Waals surface area contributed by atoms with Gasteiger partial charge in [-0.1, -0.05) is 20.8 Å². The Labute approximate surface area is 148 Å². The van der Waals surface area contributed by atoms with Crippen LogP contribution in [0, 0.1) is 11.7 Å². The summed E-state index contributed by atoms with van der Waals surface area (Å²) in [6, 6.07) is 2.80. The Morgan fingerprint density at radius 3 is 2.57 bits per heavy atom. The van der Waals surface area contributed by atoms with Crippen LogP contribution in [-0.4, -0.2) is 23.7 Å². The molecule has 0 aliphatic carbocycles. The summed E-state index contributed by atoms with van der Waals surface area (Å²) in [6.45, 7) is 7.51. The average Bonchev–Trinajstić information content (AvgIpc) is 2.45. The maximum atomic E-state index is 13.8. The van der Waals surface area contributed by atoms with Gasteiger partial charge in [0.25, 0.3) is 0 Å². The molecule has 1 N–H and O–H groups in total. The van der Waals surface area contributed by atoms with E-state index < -0.39 is 5.82 Å². The van der Waals surface area contributed by atoms with Crippen molar-refractivity contribution < 1.29 is 18.7 Å². The topological polar surface area (TPSA) is 55.4 Å². The maximum absolute atomic E-state index is 13.8. The second-order valence-electron chi connectivity index (χ2n) is 5.48. The molecule has 1 rings (SSSR count). The van der Waals surface area contributed by atoms with Gasteiger partial charge in [0.1, 0.15) is 11.1 Å². The van der Waals surface area contributed by atoms with Gasteiger partial charge in [-0.15, -0.1) is 11.8 Å². The number of anilines is 1. The molecule has 0 aliphatic heterocycles. The van der Waals surface area contributed by atoms with Gasteiger partial charge >= 0.3 is 5.97 Å². The quantitative estimate of drug-likeness (QED) is 0.531. The highest BCUT2D eigenvalue weighted by molar-refractivity contribution is 9.10. The van der Waals surface area contributed by atoms with Crippen molar-refractivity contribution in [3.8, 4) is 0 Å². The van der Waals surface area contributed by atoms with Crippen LogP contribution in [0.3, 0.4) is 0 Å². The molecule has 128 valence electrons. The minimum Gasteiger partial charge on any atom is -0.465 e. The van der Waals surface area contributed by atoms with Gasteiger partial charge in [0.15, 0.2) is 0 Å². The number of halogens is 2. The van der Waals surface area contributed by atoms with Gasteiger partial charge in [0, 0.05) is 16.3 Å². The van der Waals surface area contributed by atoms with Crippen LogP contribution in [0.25, 0.3) is 0 Å². The Bertz CT molecular complexity index is 581. The van der Waals surface area contributed by atoms with Crippen LogP contribution in [0.15, 0.2) is 21.5 Å². The number of hydrogen-bond donors (Lipinski definition) is 1. The van der Waals surface area contributed by atoms with Gasteiger partial charge in [-0.2, -0.15) is 0 Å². The van der Waals surface area contributed by atoms with Crippen molar-refractivity contribution in [1.82, 2.24) is 0 Å². The molecule has 0 aromatic heterocycles. The highest BCUT2D eigenvalue weighted by Crippen LogP contribution is 2.36. The average molecular weight is 406 g/mol. The van der Waals surface area contributed by atoms with Crippen molar-refractivity contribution in [3.63, 3.8) is 0 Å². The lowest BCUT2D eigenvalue weighted by Gasteiger charge is -2.16. The first-order valence-corrected chi connectivity index (χ1v) is 9.01. The van der Waals surface area contributed by atoms with Crippen LogP contribution < -0.4 is 5.32 Å². The predicted molar refractivity (Wildman–Crippen MR) is 94.1 cm³/mol. The molecule has 0 saturated carbocycles. The van der Waals surface area contributed by atoms with Crippen molar-refractivity contribution >= 4 is 45.3 Å². The monoisotopic (exact) mass is 405 g/mol. The van der Waals surface area contributed by atoms with Crippen molar-refractivity contribution in [3.05, 3.63) is 22.4 Å². The van der Waals surface area contributed by atoms with Gasteiger partial charge in [-0.25, -0.2) is 4.39 Å². The first kappa shape index (κ1) is 20.0. The molecule has 0 radical (unpaired) electrons. The summed E-state index contributed by atoms with van der Waals surface area (Å²) >= 11 is 4.58. The van der Waals surface area contributed by atoms with Crippen LogP contribution in [0.5, 0.6) is 0 Å². The number of carbonyl (C=O) groups is 2. The van der Waals surface area contributed by atoms with E-state index >= 15 is 0 Å². The fourth-order valence-electron chi connectivity index (χ4n) is 1.70. The van der Waals surface area contributed by atoms with Crippen molar-refractivity contribution in [2.75, 3.05) is 11.9 Å². The van der Waals surface area contributed by atoms with Crippen LogP contribution in [0.1, 0.15) is 34.1 Å². The van der Waals surface area contributed by atoms with E-state index in [1.165, 1.54) is 30.8 Å². The molecule has 0 spiro atoms. The number of esters is 1. The van der Waals surface area contributed by atoms with Gasteiger partial charge in [-0.3, -0.25) is 9.59 Å². The molecule has 23 heavy (non-hydrogen) atoms. The first-order valence-electron chi connectivity index (χ1n) is 7.34. The third-order valence-corrected chi connectivity index (χ3v) is 5.11. The zero-order valence-electron chi connectivity index (χ0n) is 13.6. The number of amides is 1. The number of nitrogens with one attached hydrogen (secondary N) is 1. The second-order valence-corrected chi connectivity index (χ2v) is 7.58. The van der Waals surface area contributed by atoms with Crippen LogP contribution in [0.4, 0.5) is 10.1 Å². The number of ether oxygens (including phenoxy) is 1. The third-order valence-electron chi connectivity index (χ3n) is 2.79. The predicted octanol–water partition coefficient (Wildman–Crippen LogP) is 4.62. The number of hydrogen-bond acceptors (Lipinski definition) is 4. The first-order chi connectivity index (χ1) is 10.7. The minimum atomic E-state index is -0.535. The summed E-state index contributed by atoms with van der Waals surface area (Å²) in [6.07, 6.45) is 0.584. The summed E-state index contributed by atoms with van der Waals surface area (Å²) in [4.78, 5) is 23.9. The summed E-state index contributed by atoms with van der Waals surface area (Å²) in [5, 5.41) is 2.05. The van der Waals surface area contributed by atoms with E-state index in [4.69, 9.17) is 4.74 Å². The normalized spacial score (nSPS) is 12.1. The standard InChI is InChI=1S/C16H21BrFNO3S/c1-5-14(16(21)22-8-9(2)3)23-15-7-13(19-10(4)20)12(18)6-11(15)17/h6-7,9,14H,5,8H2,1-4H3,(H,19,20). The molecule has 7 heteroatoms. The zero-order chi connectivity index (χ0) is 17.6. The van der Waals surface area contributed by atoms with Crippen molar-refractivity contribution in [2.45, 2.75) is 44.3 Å². The molecular weight excluding hydrogens is 385 g/mol. The fraction of sp³-hybridized carbons (Fsp3) is 0.500. The lowest BCUT2D eigenvalue weighted by atomic mass is 10.2. The minimum absolute atomic E-state index is 0.0913. The molecule has 1 aromatic carbocycles. The largest absolute Gasteiger partial charge is 0.465 e. The SMILES string of the molecule is CCC(Sc1cc(NC(C)=O)c(F)cc1Br)C(=O)OCC(C)C. The smallest absolute Gasteiger partial charge is 0.319 e. The second kappa shape index (κ2) is 9.27. The van der Waals surface area contributed by atoms with Crippen LogP contribution >= 0.6 is 27.7 Å². The highest BCUT2D eigenvalue weighted by Gasteiger charge is 2.22. The number of carbonyl (C=O) groups excluding carboxylic acids is 2. The highest BCUT2D eigenvalue weighted by atomic mass is 79.9. The van der Waals surface area contributed by atoms with E-state index in [2.05, 4.69) is 21.2 Å². The Kier molecular flexibility index (Phi) is 8.05. The van der Waals surface area contributed by atoms with E-state index in [0.717, 1.165) is 0 Å². The van der Waals surface area contributed by atoms with Gasteiger partial charge in [0.2, 0.25) is 5.91 Å². The Hall–Kier alpha value is -1.08. The van der Waals surface area contributed by atoms with Crippen molar-refractivity contribution in [1.29, 1.82) is 0 Å². The molecule has 0 aliphatic rings. The molecule has 1 unspecified atom stereocenters. The molecule has 0 heterocycles. The van der Waals surface area contributed by atoms with Gasteiger partial charge in [-0.05, 0) is 40.4 Å². The van der Waals surface area contributed by atoms with E-state index in [1.54, 1.807) is 0 Å². The van der Waals surface area contributed by atoms with E-state index in [-0.39, 0.29) is 28.7 Å². The molecule has 0 bridgehead atoms. The lowest BCUT2D eigenvalue weighted by Crippen LogP contribution is -2.21. The van der Waals surface area contributed by atoms with Crippen LogP contribution in [0.2, 0.25) is 0 Å². The van der Waals surface area contributed by atoms with E-state index in [1.807, 2.05) is 20.8 Å². The zero-order valence-corrected chi connectivity index (χ0v) is 16.0. The number of thioether (sulfide) groups is 1. The van der Waals surface area contributed by atoms with E-state index in [0.29, 0.717) is 22.4 Å². The maximum Gasteiger partial charge on any atom is 0.319 e. The molecule has 1 atom stereocenters. The Balaban J connectivity index is 2.92. The third kappa shape index (κ3) is 6.51. The number of benzene rings is 1. The molecule has 4 nitrogen and oxygen atoms in total. The van der Waals surface area contributed by atoms with Crippen molar-refractivity contribution in [2.24, 2.45) is 5.92 Å². The summed E-state index contributed by atoms with van der Waals surface area (Å²) in [5.41, 5.74) is 0.0913. The summed E-state index contributed by atoms with van der Waals surface area (Å²) in [5.74, 6) is -0.911.